The predicted molar refractivity (Wildman–Crippen MR) is 79.3 cm³/mol. The second-order valence-corrected chi connectivity index (χ2v) is 5.94. The number of methoxy groups -OCH3 is 2. The fourth-order valence-electron chi connectivity index (χ4n) is 1.79. The van der Waals surface area contributed by atoms with E-state index in [1.807, 2.05) is 0 Å². The van der Waals surface area contributed by atoms with Crippen LogP contribution in [-0.4, -0.2) is 27.6 Å². The molecule has 6 nitrogen and oxygen atoms in total. The molecule has 112 valence electrons. The fourth-order valence-corrected chi connectivity index (χ4v) is 2.94. The van der Waals surface area contributed by atoms with Gasteiger partial charge in [0.25, 0.3) is 10.0 Å². The fraction of sp³-hybridized carbons (Fsp3) is 0.214. The molecule has 0 aliphatic carbocycles. The standard InChI is InChI=1S/C14H16N2O4S/c1-10-5-4-6-14(15-10)16-21(17,18)13-8-7-11(19-2)9-12(13)20-3/h4-9H,1-3H3,(H,15,16). The lowest BCUT2D eigenvalue weighted by Crippen LogP contribution is -2.15. The number of nitrogens with one attached hydrogen (secondary N) is 1. The topological polar surface area (TPSA) is 77.5 Å². The van der Waals surface area contributed by atoms with Crippen molar-refractivity contribution >= 4 is 15.8 Å². The van der Waals surface area contributed by atoms with Crippen molar-refractivity contribution in [1.82, 2.24) is 4.98 Å². The highest BCUT2D eigenvalue weighted by atomic mass is 32.2. The number of pyridine rings is 1. The zero-order chi connectivity index (χ0) is 15.5. The monoisotopic (exact) mass is 308 g/mol. The Morgan fingerprint density at radius 1 is 1.10 bits per heavy atom. The van der Waals surface area contributed by atoms with E-state index in [-0.39, 0.29) is 16.5 Å². The van der Waals surface area contributed by atoms with Gasteiger partial charge in [0, 0.05) is 11.8 Å². The second kappa shape index (κ2) is 6.01. The van der Waals surface area contributed by atoms with Crippen LogP contribution in [0, 0.1) is 6.92 Å². The molecule has 1 aromatic carbocycles. The third-order valence-electron chi connectivity index (χ3n) is 2.79. The molecule has 1 N–H and O–H groups in total. The van der Waals surface area contributed by atoms with Crippen LogP contribution >= 0.6 is 0 Å². The quantitative estimate of drug-likeness (QED) is 0.916. The van der Waals surface area contributed by atoms with E-state index in [1.54, 1.807) is 31.2 Å². The van der Waals surface area contributed by atoms with Crippen LogP contribution in [0.15, 0.2) is 41.3 Å². The molecule has 7 heteroatoms. The minimum absolute atomic E-state index is 0.0223. The Morgan fingerprint density at radius 2 is 1.86 bits per heavy atom. The molecule has 0 saturated heterocycles. The van der Waals surface area contributed by atoms with E-state index in [9.17, 15) is 8.42 Å². The number of rotatable bonds is 5. The van der Waals surface area contributed by atoms with Crippen LogP contribution in [0.1, 0.15) is 5.69 Å². The average Bonchev–Trinajstić information content (AvgIpc) is 2.46. The summed E-state index contributed by atoms with van der Waals surface area (Å²) >= 11 is 0. The average molecular weight is 308 g/mol. The highest BCUT2D eigenvalue weighted by Crippen LogP contribution is 2.29. The van der Waals surface area contributed by atoms with Crippen molar-refractivity contribution in [3.8, 4) is 11.5 Å². The normalized spacial score (nSPS) is 11.0. The maximum absolute atomic E-state index is 12.4. The molecule has 21 heavy (non-hydrogen) atoms. The summed E-state index contributed by atoms with van der Waals surface area (Å²) < 4.78 is 37.4. The number of benzene rings is 1. The lowest BCUT2D eigenvalue weighted by atomic mass is 10.3. The van der Waals surface area contributed by atoms with Gasteiger partial charge in [-0.1, -0.05) is 6.07 Å². The molecule has 0 bridgehead atoms. The van der Waals surface area contributed by atoms with Gasteiger partial charge in [-0.05, 0) is 31.2 Å². The second-order valence-electron chi connectivity index (χ2n) is 4.29. The van der Waals surface area contributed by atoms with Crippen molar-refractivity contribution in [1.29, 1.82) is 0 Å². The molecule has 0 aliphatic rings. The number of hydrogen-bond acceptors (Lipinski definition) is 5. The van der Waals surface area contributed by atoms with Crippen molar-refractivity contribution in [2.24, 2.45) is 0 Å². The van der Waals surface area contributed by atoms with E-state index in [4.69, 9.17) is 9.47 Å². The molecular weight excluding hydrogens is 292 g/mol. The smallest absolute Gasteiger partial charge is 0.266 e. The zero-order valence-electron chi connectivity index (χ0n) is 12.0. The summed E-state index contributed by atoms with van der Waals surface area (Å²) in [7, 11) is -0.892. The van der Waals surface area contributed by atoms with Gasteiger partial charge in [-0.2, -0.15) is 0 Å². The number of nitrogens with zero attached hydrogens (tertiary/aromatic N) is 1. The molecule has 0 amide bonds. The first-order chi connectivity index (χ1) is 9.96. The highest BCUT2D eigenvalue weighted by Gasteiger charge is 2.20. The molecule has 0 atom stereocenters. The Kier molecular flexibility index (Phi) is 4.32. The van der Waals surface area contributed by atoms with Crippen LogP contribution in [0.5, 0.6) is 11.5 Å². The third kappa shape index (κ3) is 3.43. The molecule has 2 rings (SSSR count). The minimum Gasteiger partial charge on any atom is -0.497 e. The molecule has 0 unspecified atom stereocenters. The van der Waals surface area contributed by atoms with Crippen LogP contribution in [0.4, 0.5) is 5.82 Å². The first-order valence-corrected chi connectivity index (χ1v) is 7.63. The number of aromatic nitrogens is 1. The van der Waals surface area contributed by atoms with Crippen molar-refractivity contribution in [2.45, 2.75) is 11.8 Å². The Labute approximate surface area is 123 Å². The maximum atomic E-state index is 12.4. The van der Waals surface area contributed by atoms with Crippen molar-refractivity contribution < 1.29 is 17.9 Å². The van der Waals surface area contributed by atoms with Gasteiger partial charge in [-0.3, -0.25) is 4.72 Å². The number of sulfonamides is 1. The van der Waals surface area contributed by atoms with E-state index in [1.165, 1.54) is 26.4 Å². The van der Waals surface area contributed by atoms with Gasteiger partial charge in [0.05, 0.1) is 14.2 Å². The van der Waals surface area contributed by atoms with Crippen LogP contribution < -0.4 is 14.2 Å². The molecule has 2 aromatic rings. The van der Waals surface area contributed by atoms with Crippen molar-refractivity contribution in [3.05, 3.63) is 42.1 Å². The molecule has 0 spiro atoms. The van der Waals surface area contributed by atoms with Gasteiger partial charge in [-0.15, -0.1) is 0 Å². The number of aryl methyl sites for hydroxylation is 1. The number of hydrogen-bond donors (Lipinski definition) is 1. The van der Waals surface area contributed by atoms with Gasteiger partial charge in [0.15, 0.2) is 0 Å². The lowest BCUT2D eigenvalue weighted by molar-refractivity contribution is 0.386. The maximum Gasteiger partial charge on any atom is 0.266 e. The molecule has 0 aliphatic heterocycles. The Hall–Kier alpha value is -2.28. The van der Waals surface area contributed by atoms with E-state index in [2.05, 4.69) is 9.71 Å². The summed E-state index contributed by atoms with van der Waals surface area (Å²) in [4.78, 5) is 4.14. The largest absolute Gasteiger partial charge is 0.497 e. The van der Waals surface area contributed by atoms with E-state index >= 15 is 0 Å². The third-order valence-corrected chi connectivity index (χ3v) is 4.18. The summed E-state index contributed by atoms with van der Waals surface area (Å²) in [6, 6.07) is 9.59. The molecule has 1 aromatic heterocycles. The highest BCUT2D eigenvalue weighted by molar-refractivity contribution is 7.92. The van der Waals surface area contributed by atoms with Crippen molar-refractivity contribution in [2.75, 3.05) is 18.9 Å². The van der Waals surface area contributed by atoms with Crippen molar-refractivity contribution in [3.63, 3.8) is 0 Å². The van der Waals surface area contributed by atoms with Gasteiger partial charge >= 0.3 is 0 Å². The van der Waals surface area contributed by atoms with Gasteiger partial charge in [0.1, 0.15) is 22.2 Å². The predicted octanol–water partition coefficient (Wildman–Crippen LogP) is 2.21. The Bertz CT molecular complexity index is 744. The molecule has 0 radical (unpaired) electrons. The SMILES string of the molecule is COc1ccc(S(=O)(=O)Nc2cccc(C)n2)c(OC)c1. The van der Waals surface area contributed by atoms with Gasteiger partial charge < -0.3 is 9.47 Å². The minimum atomic E-state index is -3.79. The van der Waals surface area contributed by atoms with E-state index in [0.717, 1.165) is 5.69 Å². The molecule has 1 heterocycles. The number of anilines is 1. The summed E-state index contributed by atoms with van der Waals surface area (Å²) in [5.74, 6) is 0.974. The summed E-state index contributed by atoms with van der Waals surface area (Å²) in [6.45, 7) is 1.78. The van der Waals surface area contributed by atoms with E-state index in [0.29, 0.717) is 5.75 Å². The summed E-state index contributed by atoms with van der Waals surface area (Å²) in [5, 5.41) is 0. The molecule has 0 fully saturated rings. The van der Waals surface area contributed by atoms with Crippen LogP contribution in [0.2, 0.25) is 0 Å². The first-order valence-electron chi connectivity index (χ1n) is 6.15. The van der Waals surface area contributed by atoms with Crippen LogP contribution in [-0.2, 0) is 10.0 Å². The Balaban J connectivity index is 2.40. The Morgan fingerprint density at radius 3 is 2.48 bits per heavy atom. The number of ether oxygens (including phenoxy) is 2. The van der Waals surface area contributed by atoms with Gasteiger partial charge in [0.2, 0.25) is 0 Å². The van der Waals surface area contributed by atoms with E-state index < -0.39 is 10.0 Å². The zero-order valence-corrected chi connectivity index (χ0v) is 12.8. The van der Waals surface area contributed by atoms with Gasteiger partial charge in [-0.25, -0.2) is 13.4 Å². The lowest BCUT2D eigenvalue weighted by Gasteiger charge is -2.12. The summed E-state index contributed by atoms with van der Waals surface area (Å²) in [5.41, 5.74) is 0.719. The van der Waals surface area contributed by atoms with Crippen LogP contribution in [0.3, 0.4) is 0 Å². The molecular formula is C14H16N2O4S. The summed E-state index contributed by atoms with van der Waals surface area (Å²) in [6.07, 6.45) is 0. The first kappa shape index (κ1) is 15.1. The van der Waals surface area contributed by atoms with Crippen LogP contribution in [0.25, 0.3) is 0 Å². The molecule has 0 saturated carbocycles.